The summed E-state index contributed by atoms with van der Waals surface area (Å²) in [5, 5.41) is 0. The standard InChI is InChI=1S/C15H24N2O4/c1-8(16)14(18)20-6-12-10-3-4-11(5-10)13(12)7-21-15(19)9(2)17/h3-4,8-13H,5-7,16-17H2,1-2H3/t8-,9-,10-,11+,12+,13-/m0/s1. The van der Waals surface area contributed by atoms with Gasteiger partial charge in [-0.3, -0.25) is 9.59 Å². The van der Waals surface area contributed by atoms with Crippen LogP contribution >= 0.6 is 0 Å². The first-order chi connectivity index (χ1) is 9.90. The van der Waals surface area contributed by atoms with E-state index < -0.39 is 24.0 Å². The van der Waals surface area contributed by atoms with Gasteiger partial charge < -0.3 is 20.9 Å². The van der Waals surface area contributed by atoms with E-state index in [4.69, 9.17) is 20.9 Å². The first-order valence-electron chi connectivity index (χ1n) is 7.43. The van der Waals surface area contributed by atoms with Crippen LogP contribution in [0.5, 0.6) is 0 Å². The van der Waals surface area contributed by atoms with Gasteiger partial charge in [-0.15, -0.1) is 0 Å². The molecule has 0 heterocycles. The van der Waals surface area contributed by atoms with Crippen molar-refractivity contribution in [3.8, 4) is 0 Å². The molecule has 21 heavy (non-hydrogen) atoms. The lowest BCUT2D eigenvalue weighted by atomic mass is 9.84. The highest BCUT2D eigenvalue weighted by molar-refractivity contribution is 5.75. The Morgan fingerprint density at radius 2 is 1.38 bits per heavy atom. The van der Waals surface area contributed by atoms with Crippen LogP contribution in [-0.4, -0.2) is 37.2 Å². The molecular weight excluding hydrogens is 272 g/mol. The van der Waals surface area contributed by atoms with Gasteiger partial charge in [-0.25, -0.2) is 0 Å². The topological polar surface area (TPSA) is 105 Å². The Labute approximate surface area is 124 Å². The lowest BCUT2D eigenvalue weighted by Gasteiger charge is -2.27. The van der Waals surface area contributed by atoms with Gasteiger partial charge in [-0.05, 0) is 32.1 Å². The zero-order chi connectivity index (χ0) is 15.6. The summed E-state index contributed by atoms with van der Waals surface area (Å²) < 4.78 is 10.5. The molecule has 0 radical (unpaired) electrons. The number of hydrogen-bond donors (Lipinski definition) is 2. The van der Waals surface area contributed by atoms with Crippen LogP contribution in [-0.2, 0) is 19.1 Å². The highest BCUT2D eigenvalue weighted by Crippen LogP contribution is 2.48. The highest BCUT2D eigenvalue weighted by Gasteiger charge is 2.45. The number of hydrogen-bond acceptors (Lipinski definition) is 6. The Hall–Kier alpha value is -1.40. The van der Waals surface area contributed by atoms with Crippen LogP contribution < -0.4 is 11.5 Å². The Kier molecular flexibility index (Phi) is 5.00. The molecule has 0 saturated heterocycles. The summed E-state index contributed by atoms with van der Waals surface area (Å²) in [4.78, 5) is 23.0. The van der Waals surface area contributed by atoms with E-state index in [9.17, 15) is 9.59 Å². The van der Waals surface area contributed by atoms with Gasteiger partial charge in [0.2, 0.25) is 0 Å². The van der Waals surface area contributed by atoms with Gasteiger partial charge in [0.25, 0.3) is 0 Å². The number of carbonyl (C=O) groups excluding carboxylic acids is 2. The summed E-state index contributed by atoms with van der Waals surface area (Å²) in [6.45, 7) is 3.86. The maximum absolute atomic E-state index is 11.5. The molecule has 6 atom stereocenters. The first-order valence-corrected chi connectivity index (χ1v) is 7.43. The third kappa shape index (κ3) is 3.63. The Balaban J connectivity index is 1.90. The number of ether oxygens (including phenoxy) is 2. The molecule has 4 N–H and O–H groups in total. The zero-order valence-corrected chi connectivity index (χ0v) is 12.5. The normalized spacial score (nSPS) is 32.8. The second-order valence-corrected chi connectivity index (χ2v) is 6.11. The zero-order valence-electron chi connectivity index (χ0n) is 12.5. The molecule has 0 spiro atoms. The number of rotatable bonds is 6. The van der Waals surface area contributed by atoms with Gasteiger partial charge >= 0.3 is 11.9 Å². The van der Waals surface area contributed by atoms with E-state index in [0.717, 1.165) is 6.42 Å². The molecular formula is C15H24N2O4. The minimum Gasteiger partial charge on any atom is -0.464 e. The van der Waals surface area contributed by atoms with Gasteiger partial charge in [0, 0.05) is 11.8 Å². The molecule has 0 aromatic heterocycles. The van der Waals surface area contributed by atoms with Crippen molar-refractivity contribution in [3.63, 3.8) is 0 Å². The molecule has 1 fully saturated rings. The van der Waals surface area contributed by atoms with Crippen LogP contribution in [0.1, 0.15) is 20.3 Å². The molecule has 2 bridgehead atoms. The summed E-state index contributed by atoms with van der Waals surface area (Å²) >= 11 is 0. The number of esters is 2. The monoisotopic (exact) mass is 296 g/mol. The van der Waals surface area contributed by atoms with Crippen molar-refractivity contribution in [1.29, 1.82) is 0 Å². The number of nitrogens with two attached hydrogens (primary N) is 2. The lowest BCUT2D eigenvalue weighted by Crippen LogP contribution is -2.35. The molecule has 118 valence electrons. The van der Waals surface area contributed by atoms with Gasteiger partial charge in [0.1, 0.15) is 12.1 Å². The first kappa shape index (κ1) is 16.0. The van der Waals surface area contributed by atoms with Crippen LogP contribution in [0.25, 0.3) is 0 Å². The van der Waals surface area contributed by atoms with Gasteiger partial charge in [-0.1, -0.05) is 12.2 Å². The second-order valence-electron chi connectivity index (χ2n) is 6.11. The average Bonchev–Trinajstić information content (AvgIpc) is 3.02. The summed E-state index contributed by atoms with van der Waals surface area (Å²) in [5.41, 5.74) is 11.0. The molecule has 6 heteroatoms. The molecule has 2 aliphatic rings. The van der Waals surface area contributed by atoms with E-state index in [-0.39, 0.29) is 11.8 Å². The summed E-state index contributed by atoms with van der Waals surface area (Å²) in [6.07, 6.45) is 5.36. The third-order valence-corrected chi connectivity index (χ3v) is 4.38. The number of carbonyl (C=O) groups is 2. The van der Waals surface area contributed by atoms with E-state index in [1.807, 2.05) is 0 Å². The van der Waals surface area contributed by atoms with Crippen molar-refractivity contribution in [1.82, 2.24) is 0 Å². The highest BCUT2D eigenvalue weighted by atomic mass is 16.5. The molecule has 1 saturated carbocycles. The smallest absolute Gasteiger partial charge is 0.322 e. The number of allylic oxidation sites excluding steroid dienone is 2. The van der Waals surface area contributed by atoms with E-state index in [2.05, 4.69) is 12.2 Å². The van der Waals surface area contributed by atoms with Gasteiger partial charge in [0.15, 0.2) is 0 Å². The quantitative estimate of drug-likeness (QED) is 0.536. The van der Waals surface area contributed by atoms with Crippen molar-refractivity contribution in [3.05, 3.63) is 12.2 Å². The van der Waals surface area contributed by atoms with E-state index in [1.165, 1.54) is 0 Å². The summed E-state index contributed by atoms with van der Waals surface area (Å²) in [6, 6.07) is -1.23. The molecule has 0 amide bonds. The Morgan fingerprint density at radius 1 is 1.00 bits per heavy atom. The molecule has 0 aliphatic heterocycles. The molecule has 2 aliphatic carbocycles. The summed E-state index contributed by atoms with van der Waals surface area (Å²) in [7, 11) is 0. The SMILES string of the molecule is C[C@H](N)C(=O)OC[C@@H]1[C@H](COC(=O)[C@H](C)N)[C@H]2C=C[C@@H]1C2. The molecule has 6 nitrogen and oxygen atoms in total. The average molecular weight is 296 g/mol. The predicted octanol–water partition coefficient (Wildman–Crippen LogP) is 0.206. The number of fused-ring (bicyclic) bond motifs is 2. The third-order valence-electron chi connectivity index (χ3n) is 4.38. The second kappa shape index (κ2) is 6.58. The van der Waals surface area contributed by atoms with Crippen molar-refractivity contribution < 1.29 is 19.1 Å². The van der Waals surface area contributed by atoms with Crippen molar-refractivity contribution in [2.24, 2.45) is 35.1 Å². The van der Waals surface area contributed by atoms with Crippen LogP contribution in [0.4, 0.5) is 0 Å². The van der Waals surface area contributed by atoms with Crippen LogP contribution in [0, 0.1) is 23.7 Å². The molecule has 0 aromatic carbocycles. The lowest BCUT2D eigenvalue weighted by molar-refractivity contribution is -0.151. The van der Waals surface area contributed by atoms with Crippen molar-refractivity contribution in [2.75, 3.05) is 13.2 Å². The maximum Gasteiger partial charge on any atom is 0.322 e. The van der Waals surface area contributed by atoms with Crippen LogP contribution in [0.15, 0.2) is 12.2 Å². The van der Waals surface area contributed by atoms with Crippen LogP contribution in [0.2, 0.25) is 0 Å². The minimum absolute atomic E-state index is 0.184. The van der Waals surface area contributed by atoms with E-state index in [0.29, 0.717) is 25.0 Å². The van der Waals surface area contributed by atoms with Crippen molar-refractivity contribution in [2.45, 2.75) is 32.4 Å². The maximum atomic E-state index is 11.5. The molecule has 2 rings (SSSR count). The fourth-order valence-electron chi connectivity index (χ4n) is 3.14. The van der Waals surface area contributed by atoms with Gasteiger partial charge in [0.05, 0.1) is 13.2 Å². The summed E-state index contributed by atoms with van der Waals surface area (Å²) in [5.74, 6) is 0.345. The molecule has 0 aromatic rings. The van der Waals surface area contributed by atoms with Gasteiger partial charge in [-0.2, -0.15) is 0 Å². The Bertz CT molecular complexity index is 395. The fourth-order valence-corrected chi connectivity index (χ4v) is 3.14. The Morgan fingerprint density at radius 3 is 1.71 bits per heavy atom. The van der Waals surface area contributed by atoms with Crippen LogP contribution in [0.3, 0.4) is 0 Å². The minimum atomic E-state index is -0.617. The predicted molar refractivity (Wildman–Crippen MR) is 76.9 cm³/mol. The fraction of sp³-hybridized carbons (Fsp3) is 0.733. The van der Waals surface area contributed by atoms with Crippen molar-refractivity contribution >= 4 is 11.9 Å². The molecule has 0 unspecified atom stereocenters. The largest absolute Gasteiger partial charge is 0.464 e. The van der Waals surface area contributed by atoms with E-state index >= 15 is 0 Å². The van der Waals surface area contributed by atoms with E-state index in [1.54, 1.807) is 13.8 Å².